The lowest BCUT2D eigenvalue weighted by molar-refractivity contribution is -0.361. The molecule has 0 saturated heterocycles. The molecule has 4 rings (SSSR count). The number of carbonyl (C=O) groups excluding carboxylic acids is 1. The Morgan fingerprint density at radius 1 is 1.13 bits per heavy atom. The van der Waals surface area contributed by atoms with E-state index in [0.29, 0.717) is 0 Å². The summed E-state index contributed by atoms with van der Waals surface area (Å²) < 4.78 is 6.26. The normalized spacial score (nSPS) is 11.8. The molecule has 0 spiro atoms. The largest absolute Gasteiger partial charge is 0.459 e. The van der Waals surface area contributed by atoms with Crippen molar-refractivity contribution < 1.29 is 14.2 Å². The molecule has 3 aromatic heterocycles. The van der Waals surface area contributed by atoms with Crippen LogP contribution in [0.4, 0.5) is 10.8 Å². The quantitative estimate of drug-likeness (QED) is 0.354. The average molecular weight is 483 g/mol. The van der Waals surface area contributed by atoms with Crippen LogP contribution in [0.25, 0.3) is 0 Å². The number of hydrogen-bond acceptors (Lipinski definition) is 4. The SMILES string of the molecule is Cc1sc(NC(=O)c2ccco2)c([C@@H](Nc2cccc[nH+]2)c2cccc(Br)c2)c1C. The second-order valence-electron chi connectivity index (χ2n) is 6.87. The van der Waals surface area contributed by atoms with Gasteiger partial charge in [0, 0.05) is 26.5 Å². The van der Waals surface area contributed by atoms with Gasteiger partial charge in [0.1, 0.15) is 11.0 Å². The summed E-state index contributed by atoms with van der Waals surface area (Å²) in [6.07, 6.45) is 3.38. The topological polar surface area (TPSA) is 68.4 Å². The van der Waals surface area contributed by atoms with Crippen molar-refractivity contribution in [1.82, 2.24) is 0 Å². The molecule has 3 N–H and O–H groups in total. The minimum atomic E-state index is -0.262. The zero-order valence-electron chi connectivity index (χ0n) is 16.5. The third-order valence-electron chi connectivity index (χ3n) is 4.88. The molecule has 1 amide bonds. The summed E-state index contributed by atoms with van der Waals surface area (Å²) in [5.74, 6) is 0.906. The number of anilines is 2. The molecule has 3 heterocycles. The molecule has 0 unspecified atom stereocenters. The van der Waals surface area contributed by atoms with Crippen molar-refractivity contribution in [1.29, 1.82) is 0 Å². The fraction of sp³-hybridized carbons (Fsp3) is 0.130. The Hall–Kier alpha value is -2.90. The van der Waals surface area contributed by atoms with Crippen molar-refractivity contribution in [3.63, 3.8) is 0 Å². The summed E-state index contributed by atoms with van der Waals surface area (Å²) in [5.41, 5.74) is 3.26. The number of aromatic nitrogens is 1. The van der Waals surface area contributed by atoms with Crippen LogP contribution in [0.5, 0.6) is 0 Å². The fourth-order valence-electron chi connectivity index (χ4n) is 3.30. The molecular formula is C23H21BrN3O2S+. The van der Waals surface area contributed by atoms with Gasteiger partial charge in [0.25, 0.3) is 11.7 Å². The zero-order valence-corrected chi connectivity index (χ0v) is 18.9. The van der Waals surface area contributed by atoms with E-state index < -0.39 is 0 Å². The van der Waals surface area contributed by atoms with Crippen molar-refractivity contribution in [2.24, 2.45) is 0 Å². The van der Waals surface area contributed by atoms with E-state index in [9.17, 15) is 4.79 Å². The standard InChI is InChI=1S/C23H20BrN3O2S/c1-14-15(2)30-23(27-22(28)18-9-6-12-29-18)20(14)21(16-7-5-8-17(24)13-16)26-19-10-3-4-11-25-19/h3-13,21H,1-2H3,(H,25,26)(H,27,28)/p+1/t21-/m0/s1. The first-order valence-corrected chi connectivity index (χ1v) is 11.1. The number of halogens is 1. The lowest BCUT2D eigenvalue weighted by Gasteiger charge is -2.18. The van der Waals surface area contributed by atoms with Gasteiger partial charge in [-0.3, -0.25) is 10.1 Å². The summed E-state index contributed by atoms with van der Waals surface area (Å²) >= 11 is 5.15. The van der Waals surface area contributed by atoms with Crippen LogP contribution in [0.15, 0.2) is 75.9 Å². The maximum Gasteiger partial charge on any atom is 0.291 e. The average Bonchev–Trinajstić information content (AvgIpc) is 3.37. The van der Waals surface area contributed by atoms with Crippen LogP contribution in [0.1, 0.15) is 38.2 Å². The number of benzene rings is 1. The van der Waals surface area contributed by atoms with Gasteiger partial charge in [-0.05, 0) is 49.7 Å². The van der Waals surface area contributed by atoms with Crippen LogP contribution in [0, 0.1) is 13.8 Å². The van der Waals surface area contributed by atoms with E-state index in [1.165, 1.54) is 6.26 Å². The molecule has 30 heavy (non-hydrogen) atoms. The third-order valence-corrected chi connectivity index (χ3v) is 6.52. The highest BCUT2D eigenvalue weighted by Gasteiger charge is 2.28. The second kappa shape index (κ2) is 8.85. The van der Waals surface area contributed by atoms with Crippen molar-refractivity contribution in [2.75, 3.05) is 10.6 Å². The maximum absolute atomic E-state index is 12.7. The number of nitrogens with one attached hydrogen (secondary N) is 3. The Morgan fingerprint density at radius 3 is 2.70 bits per heavy atom. The molecule has 0 saturated carbocycles. The highest BCUT2D eigenvalue weighted by atomic mass is 79.9. The highest BCUT2D eigenvalue weighted by Crippen LogP contribution is 2.41. The summed E-state index contributed by atoms with van der Waals surface area (Å²) in [6, 6.07) is 17.3. The zero-order chi connectivity index (χ0) is 21.1. The Balaban J connectivity index is 1.79. The molecule has 0 radical (unpaired) electrons. The monoisotopic (exact) mass is 482 g/mol. The number of aromatic amines is 1. The molecule has 1 atom stereocenters. The number of carbonyl (C=O) groups is 1. The van der Waals surface area contributed by atoms with Crippen LogP contribution in [0.3, 0.4) is 0 Å². The van der Waals surface area contributed by atoms with Gasteiger partial charge in [0.2, 0.25) is 0 Å². The molecule has 1 aromatic carbocycles. The van der Waals surface area contributed by atoms with Gasteiger partial charge in [0.15, 0.2) is 5.76 Å². The number of furan rings is 1. The van der Waals surface area contributed by atoms with E-state index in [1.54, 1.807) is 23.5 Å². The Kier molecular flexibility index (Phi) is 6.01. The van der Waals surface area contributed by atoms with Gasteiger partial charge < -0.3 is 9.73 Å². The van der Waals surface area contributed by atoms with Crippen LogP contribution in [0.2, 0.25) is 0 Å². The number of hydrogen-bond donors (Lipinski definition) is 2. The summed E-state index contributed by atoms with van der Waals surface area (Å²) in [6.45, 7) is 4.16. The molecule has 5 nitrogen and oxygen atoms in total. The maximum atomic E-state index is 12.7. The predicted molar refractivity (Wildman–Crippen MR) is 123 cm³/mol. The van der Waals surface area contributed by atoms with Crippen LogP contribution in [-0.2, 0) is 0 Å². The summed E-state index contributed by atoms with van der Waals surface area (Å²) in [4.78, 5) is 17.1. The lowest BCUT2D eigenvalue weighted by atomic mass is 9.96. The van der Waals surface area contributed by atoms with E-state index in [1.807, 2.05) is 36.5 Å². The minimum Gasteiger partial charge on any atom is -0.459 e. The first-order chi connectivity index (χ1) is 14.5. The fourth-order valence-corrected chi connectivity index (χ4v) is 4.82. The molecule has 0 aliphatic heterocycles. The smallest absolute Gasteiger partial charge is 0.291 e. The molecule has 7 heteroatoms. The van der Waals surface area contributed by atoms with Crippen LogP contribution < -0.4 is 15.6 Å². The number of pyridine rings is 1. The van der Waals surface area contributed by atoms with Crippen molar-refractivity contribution in [3.8, 4) is 0 Å². The molecule has 0 bridgehead atoms. The number of H-pyrrole nitrogens is 1. The predicted octanol–water partition coefficient (Wildman–Crippen LogP) is 5.99. The number of amides is 1. The molecule has 0 fully saturated rings. The molecule has 0 aliphatic carbocycles. The van der Waals surface area contributed by atoms with Gasteiger partial charge in [-0.1, -0.05) is 34.1 Å². The minimum absolute atomic E-state index is 0.169. The van der Waals surface area contributed by atoms with Gasteiger partial charge in [0.05, 0.1) is 12.5 Å². The molecule has 152 valence electrons. The highest BCUT2D eigenvalue weighted by molar-refractivity contribution is 9.10. The second-order valence-corrected chi connectivity index (χ2v) is 9.01. The van der Waals surface area contributed by atoms with Crippen molar-refractivity contribution in [2.45, 2.75) is 19.9 Å². The number of rotatable bonds is 6. The van der Waals surface area contributed by atoms with Gasteiger partial charge in [-0.25, -0.2) is 4.98 Å². The van der Waals surface area contributed by atoms with Crippen LogP contribution >= 0.6 is 27.3 Å². The molecule has 0 aliphatic rings. The van der Waals surface area contributed by atoms with E-state index in [4.69, 9.17) is 4.42 Å². The van der Waals surface area contributed by atoms with Crippen LogP contribution in [-0.4, -0.2) is 5.91 Å². The van der Waals surface area contributed by atoms with E-state index in [0.717, 1.165) is 36.9 Å². The summed E-state index contributed by atoms with van der Waals surface area (Å²) in [7, 11) is 0. The third kappa shape index (κ3) is 4.32. The molecular weight excluding hydrogens is 462 g/mol. The van der Waals surface area contributed by atoms with Crippen molar-refractivity contribution >= 4 is 44.0 Å². The lowest BCUT2D eigenvalue weighted by Crippen LogP contribution is -2.21. The first kappa shape index (κ1) is 20.4. The van der Waals surface area contributed by atoms with Gasteiger partial charge >= 0.3 is 0 Å². The Morgan fingerprint density at radius 2 is 2.00 bits per heavy atom. The van der Waals surface area contributed by atoms with E-state index in [-0.39, 0.29) is 17.7 Å². The first-order valence-electron chi connectivity index (χ1n) is 9.46. The molecule has 4 aromatic rings. The van der Waals surface area contributed by atoms with Crippen molar-refractivity contribution in [3.05, 3.63) is 98.9 Å². The summed E-state index contributed by atoms with van der Waals surface area (Å²) in [5, 5.41) is 7.45. The Labute approximate surface area is 187 Å². The van der Waals surface area contributed by atoms with Gasteiger partial charge in [-0.15, -0.1) is 11.3 Å². The number of aryl methyl sites for hydroxylation is 1. The number of thiophene rings is 1. The van der Waals surface area contributed by atoms with E-state index >= 15 is 0 Å². The van der Waals surface area contributed by atoms with Gasteiger partial charge in [-0.2, -0.15) is 0 Å². The van der Waals surface area contributed by atoms with E-state index in [2.05, 4.69) is 57.5 Å². The Bertz CT molecular complexity index is 1160.